The second-order valence-corrected chi connectivity index (χ2v) is 6.81. The zero-order valence-electron chi connectivity index (χ0n) is 11.5. The molecule has 0 saturated carbocycles. The van der Waals surface area contributed by atoms with Gasteiger partial charge in [0.2, 0.25) is 0 Å². The summed E-state index contributed by atoms with van der Waals surface area (Å²) < 4.78 is 28.0. The van der Waals surface area contributed by atoms with E-state index in [1.165, 1.54) is 4.31 Å². The van der Waals surface area contributed by atoms with Crippen molar-refractivity contribution in [2.75, 3.05) is 13.1 Å². The Balaban J connectivity index is 1.84. The van der Waals surface area contributed by atoms with Gasteiger partial charge in [0.15, 0.2) is 0 Å². The summed E-state index contributed by atoms with van der Waals surface area (Å²) >= 11 is 0. The van der Waals surface area contributed by atoms with Gasteiger partial charge in [0.1, 0.15) is 0 Å². The van der Waals surface area contributed by atoms with E-state index in [2.05, 4.69) is 9.71 Å². The van der Waals surface area contributed by atoms with E-state index in [-0.39, 0.29) is 0 Å². The van der Waals surface area contributed by atoms with Crippen molar-refractivity contribution in [3.8, 4) is 0 Å². The van der Waals surface area contributed by atoms with Crippen LogP contribution in [-0.4, -0.2) is 36.7 Å². The minimum atomic E-state index is -3.76. The summed E-state index contributed by atoms with van der Waals surface area (Å²) in [5.74, 6) is -0.603. The van der Waals surface area contributed by atoms with Crippen molar-refractivity contribution in [1.29, 1.82) is 0 Å². The largest absolute Gasteiger partial charge is 0.361 e. The number of piperidine rings is 1. The molecule has 2 heterocycles. The third-order valence-corrected chi connectivity index (χ3v) is 5.20. The number of para-hydroxylation sites is 1. The molecule has 0 spiro atoms. The Morgan fingerprint density at radius 1 is 1.14 bits per heavy atom. The number of hydrogen-bond donors (Lipinski definition) is 2. The van der Waals surface area contributed by atoms with Gasteiger partial charge < -0.3 is 4.98 Å². The third-order valence-electron chi connectivity index (χ3n) is 3.71. The van der Waals surface area contributed by atoms with E-state index in [4.69, 9.17) is 0 Å². The molecule has 1 aliphatic rings. The number of benzene rings is 1. The van der Waals surface area contributed by atoms with E-state index >= 15 is 0 Å². The Bertz CT molecular complexity index is 761. The van der Waals surface area contributed by atoms with Gasteiger partial charge in [-0.15, -0.1) is 0 Å². The molecule has 1 amide bonds. The van der Waals surface area contributed by atoms with E-state index in [1.54, 1.807) is 18.3 Å². The number of hydrogen-bond acceptors (Lipinski definition) is 3. The van der Waals surface area contributed by atoms with Crippen molar-refractivity contribution in [3.05, 3.63) is 36.0 Å². The quantitative estimate of drug-likeness (QED) is 0.904. The number of aromatic amines is 1. The van der Waals surface area contributed by atoms with Crippen molar-refractivity contribution in [2.45, 2.75) is 19.3 Å². The lowest BCUT2D eigenvalue weighted by molar-refractivity contribution is 0.0980. The molecule has 6 nitrogen and oxygen atoms in total. The number of fused-ring (bicyclic) bond motifs is 1. The summed E-state index contributed by atoms with van der Waals surface area (Å²) in [4.78, 5) is 15.2. The summed E-state index contributed by atoms with van der Waals surface area (Å²) in [5.41, 5.74) is 0.974. The van der Waals surface area contributed by atoms with Crippen LogP contribution < -0.4 is 4.72 Å². The summed E-state index contributed by atoms with van der Waals surface area (Å²) in [7, 11) is -3.76. The van der Waals surface area contributed by atoms with Crippen LogP contribution in [0.15, 0.2) is 30.5 Å². The monoisotopic (exact) mass is 307 g/mol. The minimum absolute atomic E-state index is 0.332. The lowest BCUT2D eigenvalue weighted by Gasteiger charge is -2.25. The van der Waals surface area contributed by atoms with E-state index in [0.29, 0.717) is 24.2 Å². The minimum Gasteiger partial charge on any atom is -0.361 e. The van der Waals surface area contributed by atoms with Crippen molar-refractivity contribution in [3.63, 3.8) is 0 Å². The van der Waals surface area contributed by atoms with Gasteiger partial charge in [0.25, 0.3) is 5.91 Å². The molecule has 0 atom stereocenters. The molecular formula is C14H17N3O3S. The average molecular weight is 307 g/mol. The molecule has 2 aromatic rings. The highest BCUT2D eigenvalue weighted by molar-refractivity contribution is 7.87. The molecule has 0 aliphatic carbocycles. The highest BCUT2D eigenvalue weighted by Gasteiger charge is 2.26. The standard InChI is InChI=1S/C14H17N3O3S/c18-14(12-6-4-5-11-7-8-15-13(11)12)16-21(19,20)17-9-2-1-3-10-17/h4-8,15H,1-3,9-10H2,(H,16,18). The van der Waals surface area contributed by atoms with Gasteiger partial charge in [-0.05, 0) is 25.0 Å². The lowest BCUT2D eigenvalue weighted by Crippen LogP contribution is -2.45. The normalized spacial score (nSPS) is 17.0. The number of nitrogens with zero attached hydrogens (tertiary/aromatic N) is 1. The first kappa shape index (κ1) is 14.1. The SMILES string of the molecule is O=C(NS(=O)(=O)N1CCCCC1)c1cccc2cc[nH]c12. The van der Waals surface area contributed by atoms with Crippen molar-refractivity contribution in [2.24, 2.45) is 0 Å². The fraction of sp³-hybridized carbons (Fsp3) is 0.357. The highest BCUT2D eigenvalue weighted by atomic mass is 32.2. The van der Waals surface area contributed by atoms with Crippen molar-refractivity contribution < 1.29 is 13.2 Å². The molecule has 3 rings (SSSR count). The molecule has 7 heteroatoms. The molecule has 1 aliphatic heterocycles. The van der Waals surface area contributed by atoms with Crippen LogP contribution in [0.25, 0.3) is 10.9 Å². The molecule has 1 aromatic heterocycles. The maximum Gasteiger partial charge on any atom is 0.304 e. The number of carbonyl (C=O) groups excluding carboxylic acids is 1. The van der Waals surface area contributed by atoms with Crippen molar-refractivity contribution in [1.82, 2.24) is 14.0 Å². The van der Waals surface area contributed by atoms with Crippen LogP contribution in [0.3, 0.4) is 0 Å². The smallest absolute Gasteiger partial charge is 0.304 e. The van der Waals surface area contributed by atoms with Crippen LogP contribution in [0.4, 0.5) is 0 Å². The Kier molecular flexibility index (Phi) is 3.69. The van der Waals surface area contributed by atoms with Crippen LogP contribution in [0, 0.1) is 0 Å². The molecular weight excluding hydrogens is 290 g/mol. The summed E-state index contributed by atoms with van der Waals surface area (Å²) in [6.07, 6.45) is 4.42. The molecule has 112 valence electrons. The van der Waals surface area contributed by atoms with Gasteiger partial charge in [-0.1, -0.05) is 18.6 Å². The van der Waals surface area contributed by atoms with Gasteiger partial charge in [-0.2, -0.15) is 12.7 Å². The predicted molar refractivity (Wildman–Crippen MR) is 80.1 cm³/mol. The summed E-state index contributed by atoms with van der Waals surface area (Å²) in [6.45, 7) is 0.935. The number of amides is 1. The van der Waals surface area contributed by atoms with E-state index < -0.39 is 16.1 Å². The first-order valence-corrected chi connectivity index (χ1v) is 8.40. The Hall–Kier alpha value is -1.86. The molecule has 1 fully saturated rings. The fourth-order valence-corrected chi connectivity index (χ4v) is 3.83. The number of nitrogens with one attached hydrogen (secondary N) is 2. The number of aromatic nitrogens is 1. The second-order valence-electron chi connectivity index (χ2n) is 5.14. The van der Waals surface area contributed by atoms with Gasteiger partial charge in [-0.3, -0.25) is 4.79 Å². The highest BCUT2D eigenvalue weighted by Crippen LogP contribution is 2.18. The first-order valence-electron chi connectivity index (χ1n) is 6.96. The summed E-state index contributed by atoms with van der Waals surface area (Å²) in [5, 5.41) is 0.873. The van der Waals surface area contributed by atoms with Crippen LogP contribution in [0.5, 0.6) is 0 Å². The van der Waals surface area contributed by atoms with Gasteiger partial charge in [0.05, 0.1) is 11.1 Å². The number of H-pyrrole nitrogens is 1. The number of carbonyl (C=O) groups is 1. The van der Waals surface area contributed by atoms with Crippen LogP contribution in [-0.2, 0) is 10.2 Å². The maximum atomic E-state index is 12.3. The van der Waals surface area contributed by atoms with Crippen LogP contribution >= 0.6 is 0 Å². The first-order chi connectivity index (χ1) is 10.1. The Morgan fingerprint density at radius 3 is 2.67 bits per heavy atom. The average Bonchev–Trinajstić information content (AvgIpc) is 2.96. The third kappa shape index (κ3) is 2.79. The molecule has 0 unspecified atom stereocenters. The summed E-state index contributed by atoms with van der Waals surface area (Å²) in [6, 6.07) is 7.05. The molecule has 0 radical (unpaired) electrons. The fourth-order valence-electron chi connectivity index (χ4n) is 2.62. The topological polar surface area (TPSA) is 82.3 Å². The van der Waals surface area contributed by atoms with Gasteiger partial charge >= 0.3 is 10.2 Å². The molecule has 1 aromatic carbocycles. The Morgan fingerprint density at radius 2 is 1.90 bits per heavy atom. The molecule has 2 N–H and O–H groups in total. The lowest BCUT2D eigenvalue weighted by atomic mass is 10.1. The van der Waals surface area contributed by atoms with Crippen LogP contribution in [0.1, 0.15) is 29.6 Å². The van der Waals surface area contributed by atoms with Crippen LogP contribution in [0.2, 0.25) is 0 Å². The molecule has 21 heavy (non-hydrogen) atoms. The Labute approximate surface area is 123 Å². The van der Waals surface area contributed by atoms with E-state index in [1.807, 2.05) is 12.1 Å². The zero-order valence-corrected chi connectivity index (χ0v) is 12.3. The maximum absolute atomic E-state index is 12.3. The van der Waals surface area contributed by atoms with E-state index in [9.17, 15) is 13.2 Å². The van der Waals surface area contributed by atoms with Crippen molar-refractivity contribution >= 4 is 27.0 Å². The van der Waals surface area contributed by atoms with Gasteiger partial charge in [0, 0.05) is 24.7 Å². The predicted octanol–water partition coefficient (Wildman–Crippen LogP) is 1.63. The second kappa shape index (κ2) is 5.50. The van der Waals surface area contributed by atoms with Gasteiger partial charge in [-0.25, -0.2) is 4.72 Å². The molecule has 0 bridgehead atoms. The number of rotatable bonds is 3. The van der Waals surface area contributed by atoms with E-state index in [0.717, 1.165) is 24.6 Å². The zero-order chi connectivity index (χ0) is 14.9. The molecule has 1 saturated heterocycles.